The molecule has 0 bridgehead atoms. The quantitative estimate of drug-likeness (QED) is 0.847. The number of amides is 2. The van der Waals surface area contributed by atoms with E-state index in [1.165, 1.54) is 5.69 Å². The van der Waals surface area contributed by atoms with Gasteiger partial charge in [-0.3, -0.25) is 0 Å². The standard InChI is InChI=1S/C16H18ClN3O/c1-11-13(17)5-3-6-14(11)18-16(21)20-10-9-19-8-4-7-15(19)12(20)2/h3-8,12H,9-10H2,1-2H3,(H,18,21)/t12-/m1/s1. The fourth-order valence-corrected chi connectivity index (χ4v) is 2.96. The monoisotopic (exact) mass is 303 g/mol. The van der Waals surface area contributed by atoms with Gasteiger partial charge in [0.05, 0.1) is 6.04 Å². The van der Waals surface area contributed by atoms with Crippen LogP contribution >= 0.6 is 11.6 Å². The summed E-state index contributed by atoms with van der Waals surface area (Å²) >= 11 is 6.10. The first kappa shape index (κ1) is 14.0. The van der Waals surface area contributed by atoms with Crippen LogP contribution in [-0.2, 0) is 6.54 Å². The Hall–Kier alpha value is -1.94. The molecule has 0 saturated heterocycles. The molecule has 2 aromatic rings. The highest BCUT2D eigenvalue weighted by Crippen LogP contribution is 2.27. The molecule has 0 saturated carbocycles. The molecule has 0 unspecified atom stereocenters. The molecule has 1 aliphatic rings. The van der Waals surface area contributed by atoms with Crippen LogP contribution in [0.25, 0.3) is 0 Å². The van der Waals surface area contributed by atoms with Crippen LogP contribution in [-0.4, -0.2) is 22.0 Å². The van der Waals surface area contributed by atoms with Crippen molar-refractivity contribution in [3.8, 4) is 0 Å². The lowest BCUT2D eigenvalue weighted by atomic mass is 10.1. The van der Waals surface area contributed by atoms with Crippen LogP contribution in [0.1, 0.15) is 24.2 Å². The van der Waals surface area contributed by atoms with Crippen molar-refractivity contribution in [3.05, 3.63) is 52.8 Å². The van der Waals surface area contributed by atoms with Gasteiger partial charge in [-0.05, 0) is 43.7 Å². The molecular formula is C16H18ClN3O. The first-order valence-electron chi connectivity index (χ1n) is 7.05. The highest BCUT2D eigenvalue weighted by atomic mass is 35.5. The molecule has 0 radical (unpaired) electrons. The average Bonchev–Trinajstić information content (AvgIpc) is 2.93. The third kappa shape index (κ3) is 2.51. The topological polar surface area (TPSA) is 37.3 Å². The van der Waals surface area contributed by atoms with E-state index in [9.17, 15) is 4.79 Å². The van der Waals surface area contributed by atoms with E-state index >= 15 is 0 Å². The number of rotatable bonds is 1. The van der Waals surface area contributed by atoms with Crippen molar-refractivity contribution in [2.24, 2.45) is 0 Å². The molecular weight excluding hydrogens is 286 g/mol. The summed E-state index contributed by atoms with van der Waals surface area (Å²) in [5, 5.41) is 3.63. The summed E-state index contributed by atoms with van der Waals surface area (Å²) in [6.07, 6.45) is 2.06. The Balaban J connectivity index is 1.79. The predicted molar refractivity (Wildman–Crippen MR) is 84.8 cm³/mol. The predicted octanol–water partition coefficient (Wildman–Crippen LogP) is 4.06. The molecule has 2 amide bonds. The zero-order chi connectivity index (χ0) is 15.0. The molecule has 21 heavy (non-hydrogen) atoms. The summed E-state index contributed by atoms with van der Waals surface area (Å²) in [5.41, 5.74) is 2.82. The first-order valence-corrected chi connectivity index (χ1v) is 7.43. The number of hydrogen-bond donors (Lipinski definition) is 1. The van der Waals surface area contributed by atoms with Crippen molar-refractivity contribution >= 4 is 23.3 Å². The second-order valence-electron chi connectivity index (χ2n) is 5.34. The third-order valence-electron chi connectivity index (χ3n) is 4.11. The molecule has 2 heterocycles. The number of anilines is 1. The minimum atomic E-state index is -0.0830. The van der Waals surface area contributed by atoms with Crippen LogP contribution in [0, 0.1) is 6.92 Å². The number of aromatic nitrogens is 1. The summed E-state index contributed by atoms with van der Waals surface area (Å²) in [6, 6.07) is 9.60. The molecule has 0 fully saturated rings. The summed E-state index contributed by atoms with van der Waals surface area (Å²) in [7, 11) is 0. The maximum absolute atomic E-state index is 12.5. The molecule has 0 aliphatic carbocycles. The molecule has 1 N–H and O–H groups in total. The number of urea groups is 1. The van der Waals surface area contributed by atoms with Gasteiger partial charge >= 0.3 is 6.03 Å². The normalized spacial score (nSPS) is 17.5. The Morgan fingerprint density at radius 2 is 2.10 bits per heavy atom. The molecule has 5 heteroatoms. The molecule has 1 atom stereocenters. The van der Waals surface area contributed by atoms with E-state index in [1.54, 1.807) is 0 Å². The molecule has 110 valence electrons. The maximum Gasteiger partial charge on any atom is 0.322 e. The summed E-state index contributed by atoms with van der Waals surface area (Å²) in [5.74, 6) is 0. The van der Waals surface area contributed by atoms with Gasteiger partial charge in [-0.15, -0.1) is 0 Å². The van der Waals surface area contributed by atoms with Crippen molar-refractivity contribution in [2.75, 3.05) is 11.9 Å². The second-order valence-corrected chi connectivity index (χ2v) is 5.75. The van der Waals surface area contributed by atoms with Gasteiger partial charge in [0.1, 0.15) is 0 Å². The van der Waals surface area contributed by atoms with E-state index in [2.05, 4.69) is 29.1 Å². The Kier molecular flexibility index (Phi) is 3.64. The summed E-state index contributed by atoms with van der Waals surface area (Å²) < 4.78 is 2.19. The fraction of sp³-hybridized carbons (Fsp3) is 0.312. The largest absolute Gasteiger partial charge is 0.348 e. The van der Waals surface area contributed by atoms with Crippen LogP contribution in [0.5, 0.6) is 0 Å². The van der Waals surface area contributed by atoms with Crippen LogP contribution in [0.3, 0.4) is 0 Å². The van der Waals surface area contributed by atoms with Gasteiger partial charge in [-0.2, -0.15) is 0 Å². The lowest BCUT2D eigenvalue weighted by Gasteiger charge is -2.35. The van der Waals surface area contributed by atoms with Gasteiger partial charge in [0.15, 0.2) is 0 Å². The summed E-state index contributed by atoms with van der Waals surface area (Å²) in [4.78, 5) is 14.4. The van der Waals surface area contributed by atoms with Crippen molar-refractivity contribution in [2.45, 2.75) is 26.4 Å². The van der Waals surface area contributed by atoms with Gasteiger partial charge < -0.3 is 14.8 Å². The fourth-order valence-electron chi connectivity index (χ4n) is 2.79. The van der Waals surface area contributed by atoms with Crippen LogP contribution < -0.4 is 5.32 Å². The lowest BCUT2D eigenvalue weighted by molar-refractivity contribution is 0.175. The Labute approximate surface area is 129 Å². The Bertz CT molecular complexity index is 680. The van der Waals surface area contributed by atoms with Crippen molar-refractivity contribution in [3.63, 3.8) is 0 Å². The number of nitrogens with one attached hydrogen (secondary N) is 1. The zero-order valence-electron chi connectivity index (χ0n) is 12.1. The molecule has 1 aliphatic heterocycles. The van der Waals surface area contributed by atoms with Crippen LogP contribution in [0.2, 0.25) is 5.02 Å². The molecule has 1 aromatic heterocycles. The molecule has 3 rings (SSSR count). The SMILES string of the molecule is Cc1c(Cl)cccc1NC(=O)N1CCn2cccc2[C@H]1C. The minimum absolute atomic E-state index is 0.0632. The number of halogens is 1. The van der Waals surface area contributed by atoms with Gasteiger partial charge in [0.25, 0.3) is 0 Å². The van der Waals surface area contributed by atoms with Gasteiger partial charge in [0, 0.05) is 35.7 Å². The van der Waals surface area contributed by atoms with E-state index in [0.717, 1.165) is 17.8 Å². The smallest absolute Gasteiger partial charge is 0.322 e. The number of carbonyl (C=O) groups excluding carboxylic acids is 1. The highest BCUT2D eigenvalue weighted by molar-refractivity contribution is 6.31. The van der Waals surface area contributed by atoms with Crippen molar-refractivity contribution in [1.82, 2.24) is 9.47 Å². The average molecular weight is 304 g/mol. The first-order chi connectivity index (χ1) is 10.1. The number of hydrogen-bond acceptors (Lipinski definition) is 1. The number of carbonyl (C=O) groups is 1. The van der Waals surface area contributed by atoms with Gasteiger partial charge in [0.2, 0.25) is 0 Å². The lowest BCUT2D eigenvalue weighted by Crippen LogP contribution is -2.43. The molecule has 1 aromatic carbocycles. The molecule has 4 nitrogen and oxygen atoms in total. The minimum Gasteiger partial charge on any atom is -0.348 e. The van der Waals surface area contributed by atoms with Crippen LogP contribution in [0.4, 0.5) is 10.5 Å². The Morgan fingerprint density at radius 1 is 1.29 bits per heavy atom. The van der Waals surface area contributed by atoms with Gasteiger partial charge in [-0.1, -0.05) is 17.7 Å². The van der Waals surface area contributed by atoms with E-state index in [1.807, 2.05) is 36.1 Å². The highest BCUT2D eigenvalue weighted by Gasteiger charge is 2.27. The Morgan fingerprint density at radius 3 is 2.90 bits per heavy atom. The number of nitrogens with zero attached hydrogens (tertiary/aromatic N) is 2. The van der Waals surface area contributed by atoms with Gasteiger partial charge in [-0.25, -0.2) is 4.79 Å². The number of benzene rings is 1. The van der Waals surface area contributed by atoms with Crippen LogP contribution in [0.15, 0.2) is 36.5 Å². The maximum atomic E-state index is 12.5. The summed E-state index contributed by atoms with van der Waals surface area (Å²) in [6.45, 7) is 5.49. The van der Waals surface area contributed by atoms with Crippen molar-refractivity contribution in [1.29, 1.82) is 0 Å². The third-order valence-corrected chi connectivity index (χ3v) is 4.52. The van der Waals surface area contributed by atoms with Crippen molar-refractivity contribution < 1.29 is 4.79 Å². The zero-order valence-corrected chi connectivity index (χ0v) is 12.9. The van der Waals surface area contributed by atoms with E-state index in [-0.39, 0.29) is 12.1 Å². The number of fused-ring (bicyclic) bond motifs is 1. The van der Waals surface area contributed by atoms with E-state index in [4.69, 9.17) is 11.6 Å². The molecule has 0 spiro atoms. The second kappa shape index (κ2) is 5.45. The van der Waals surface area contributed by atoms with E-state index < -0.39 is 0 Å². The van der Waals surface area contributed by atoms with E-state index in [0.29, 0.717) is 11.6 Å².